The number of aromatic nitrogens is 1. The van der Waals surface area contributed by atoms with Crippen molar-refractivity contribution in [1.82, 2.24) is 14.4 Å². The van der Waals surface area contributed by atoms with Crippen LogP contribution in [0.3, 0.4) is 0 Å². The second-order valence-corrected chi connectivity index (χ2v) is 11.1. The first-order chi connectivity index (χ1) is 16.7. The van der Waals surface area contributed by atoms with Crippen molar-refractivity contribution in [3.63, 3.8) is 0 Å². The zero-order valence-electron chi connectivity index (χ0n) is 20.7. The van der Waals surface area contributed by atoms with Crippen molar-refractivity contribution < 1.29 is 14.0 Å². The van der Waals surface area contributed by atoms with E-state index in [2.05, 4.69) is 4.90 Å². The predicted molar refractivity (Wildman–Crippen MR) is 133 cm³/mol. The van der Waals surface area contributed by atoms with Crippen LogP contribution in [-0.4, -0.2) is 58.3 Å². The quantitative estimate of drug-likeness (QED) is 0.661. The Kier molecular flexibility index (Phi) is 6.38. The zero-order chi connectivity index (χ0) is 24.7. The van der Waals surface area contributed by atoms with Crippen molar-refractivity contribution in [2.75, 3.05) is 26.2 Å². The van der Waals surface area contributed by atoms with E-state index in [1.165, 1.54) is 60.9 Å². The normalized spacial score (nSPS) is 21.1. The molecular formula is C28H34FN3O3. The number of hydrogen-bond acceptors (Lipinski definition) is 4. The summed E-state index contributed by atoms with van der Waals surface area (Å²) in [5, 5.41) is 0. The lowest BCUT2D eigenvalue weighted by atomic mass is 9.73. The van der Waals surface area contributed by atoms with Gasteiger partial charge in [-0.2, -0.15) is 0 Å². The summed E-state index contributed by atoms with van der Waals surface area (Å²) < 4.78 is 14.9. The molecule has 2 heterocycles. The minimum Gasteiger partial charge on any atom is -0.336 e. The van der Waals surface area contributed by atoms with E-state index in [0.29, 0.717) is 48.8 Å². The largest absolute Gasteiger partial charge is 0.336 e. The zero-order valence-corrected chi connectivity index (χ0v) is 20.7. The molecule has 35 heavy (non-hydrogen) atoms. The van der Waals surface area contributed by atoms with Gasteiger partial charge >= 0.3 is 0 Å². The molecule has 7 heteroatoms. The van der Waals surface area contributed by atoms with Crippen molar-refractivity contribution in [2.45, 2.75) is 64.8 Å². The molecule has 1 saturated carbocycles. The maximum atomic E-state index is 13.9. The lowest BCUT2D eigenvalue weighted by Gasteiger charge is -2.41. The molecule has 0 unspecified atom stereocenters. The van der Waals surface area contributed by atoms with Gasteiger partial charge in [0.2, 0.25) is 0 Å². The third-order valence-electron chi connectivity index (χ3n) is 7.92. The van der Waals surface area contributed by atoms with Gasteiger partial charge < -0.3 is 4.90 Å². The van der Waals surface area contributed by atoms with Crippen molar-refractivity contribution in [1.29, 1.82) is 0 Å². The van der Waals surface area contributed by atoms with Crippen LogP contribution in [0.15, 0.2) is 35.3 Å². The fraction of sp³-hybridized carbons (Fsp3) is 0.536. The average Bonchev–Trinajstić information content (AvgIpc) is 2.84. The smallest absolute Gasteiger partial charge is 0.268 e. The van der Waals surface area contributed by atoms with Crippen LogP contribution in [0, 0.1) is 11.2 Å². The molecule has 0 radical (unpaired) electrons. The SMILES string of the molecule is CC1(C)CC(=O)c2cn(-c3ccc(F)cc3)c(=O)c(C(=O)N3CCN(C4CCCCC4)CC3)c2C1. The van der Waals surface area contributed by atoms with Gasteiger partial charge in [-0.05, 0) is 54.5 Å². The van der Waals surface area contributed by atoms with Gasteiger partial charge in [-0.15, -0.1) is 0 Å². The highest BCUT2D eigenvalue weighted by Crippen LogP contribution is 2.36. The number of carbonyl (C=O) groups is 2. The van der Waals surface area contributed by atoms with Gasteiger partial charge in [-0.1, -0.05) is 33.1 Å². The molecule has 3 aliphatic rings. The molecule has 186 valence electrons. The Bertz CT molecular complexity index is 1190. The van der Waals surface area contributed by atoms with Crippen molar-refractivity contribution in [2.24, 2.45) is 5.41 Å². The summed E-state index contributed by atoms with van der Waals surface area (Å²) in [6.07, 6.45) is 8.69. The summed E-state index contributed by atoms with van der Waals surface area (Å²) in [7, 11) is 0. The number of Topliss-reactive ketones (excluding diaryl/α,β-unsaturated/α-hetero) is 1. The fourth-order valence-electron chi connectivity index (χ4n) is 6.05. The van der Waals surface area contributed by atoms with Gasteiger partial charge in [0.25, 0.3) is 11.5 Å². The Morgan fingerprint density at radius 1 is 0.943 bits per heavy atom. The maximum absolute atomic E-state index is 13.9. The molecule has 0 spiro atoms. The first-order valence-corrected chi connectivity index (χ1v) is 12.8. The second-order valence-electron chi connectivity index (χ2n) is 11.1. The molecule has 5 rings (SSSR count). The fourth-order valence-corrected chi connectivity index (χ4v) is 6.05. The van der Waals surface area contributed by atoms with E-state index in [0.717, 1.165) is 13.1 Å². The minimum absolute atomic E-state index is 0.0664. The van der Waals surface area contributed by atoms with Crippen LogP contribution < -0.4 is 5.56 Å². The monoisotopic (exact) mass is 479 g/mol. The molecule has 1 aromatic carbocycles. The number of amides is 1. The summed E-state index contributed by atoms with van der Waals surface area (Å²) >= 11 is 0. The lowest BCUT2D eigenvalue weighted by molar-refractivity contribution is 0.0519. The number of nitrogens with zero attached hydrogens (tertiary/aromatic N) is 3. The minimum atomic E-state index is -0.444. The van der Waals surface area contributed by atoms with E-state index in [-0.39, 0.29) is 22.7 Å². The standard InChI is InChI=1S/C28H34FN3O3/c1-28(2)16-22-23(24(33)17-28)18-32(21-10-8-19(29)9-11-21)27(35)25(22)26(34)31-14-12-30(13-15-31)20-6-4-3-5-7-20/h8-11,18,20H,3-7,12-17H2,1-2H3. The topological polar surface area (TPSA) is 62.6 Å². The average molecular weight is 480 g/mol. The van der Waals surface area contributed by atoms with Crippen LogP contribution in [0.25, 0.3) is 5.69 Å². The van der Waals surface area contributed by atoms with Crippen LogP contribution in [0.4, 0.5) is 4.39 Å². The molecule has 2 fully saturated rings. The molecule has 2 aliphatic carbocycles. The summed E-state index contributed by atoms with van der Waals surface area (Å²) in [5.41, 5.74) is 0.757. The number of piperazine rings is 1. The Morgan fingerprint density at radius 3 is 2.26 bits per heavy atom. The van der Waals surface area contributed by atoms with E-state index in [1.54, 1.807) is 11.1 Å². The van der Waals surface area contributed by atoms with Gasteiger partial charge in [-0.3, -0.25) is 23.9 Å². The van der Waals surface area contributed by atoms with Gasteiger partial charge in [-0.25, -0.2) is 4.39 Å². The number of rotatable bonds is 3. The number of ketones is 1. The van der Waals surface area contributed by atoms with Gasteiger partial charge in [0.1, 0.15) is 11.4 Å². The number of carbonyl (C=O) groups excluding carboxylic acids is 2. The van der Waals surface area contributed by atoms with Gasteiger partial charge in [0.15, 0.2) is 5.78 Å². The highest BCUT2D eigenvalue weighted by molar-refractivity contribution is 6.04. The second kappa shape index (κ2) is 9.34. The molecule has 6 nitrogen and oxygen atoms in total. The van der Waals surface area contributed by atoms with Crippen LogP contribution in [0.5, 0.6) is 0 Å². The first kappa shape index (κ1) is 23.9. The number of halogens is 1. The lowest BCUT2D eigenvalue weighted by Crippen LogP contribution is -2.53. The van der Waals surface area contributed by atoms with Crippen LogP contribution in [-0.2, 0) is 6.42 Å². The Morgan fingerprint density at radius 2 is 1.60 bits per heavy atom. The van der Waals surface area contributed by atoms with E-state index in [9.17, 15) is 18.8 Å². The molecule has 1 aromatic heterocycles. The number of benzene rings is 1. The predicted octanol–water partition coefficient (Wildman–Crippen LogP) is 4.22. The molecule has 0 bridgehead atoms. The summed E-state index contributed by atoms with van der Waals surface area (Å²) in [6, 6.07) is 6.14. The third-order valence-corrected chi connectivity index (χ3v) is 7.92. The summed E-state index contributed by atoms with van der Waals surface area (Å²) in [5.74, 6) is -0.774. The van der Waals surface area contributed by atoms with Crippen LogP contribution in [0.1, 0.15) is 78.7 Å². The van der Waals surface area contributed by atoms with Gasteiger partial charge in [0.05, 0.1) is 0 Å². The molecular weight excluding hydrogens is 445 g/mol. The van der Waals surface area contributed by atoms with E-state index >= 15 is 0 Å². The first-order valence-electron chi connectivity index (χ1n) is 12.8. The Labute approximate surface area is 205 Å². The highest BCUT2D eigenvalue weighted by Gasteiger charge is 2.37. The van der Waals surface area contributed by atoms with Crippen molar-refractivity contribution >= 4 is 11.7 Å². The third kappa shape index (κ3) is 4.70. The summed E-state index contributed by atoms with van der Waals surface area (Å²) in [4.78, 5) is 45.0. The highest BCUT2D eigenvalue weighted by atomic mass is 19.1. The maximum Gasteiger partial charge on any atom is 0.268 e. The molecule has 1 saturated heterocycles. The van der Waals surface area contributed by atoms with Gasteiger partial charge in [0, 0.05) is 56.1 Å². The number of hydrogen-bond donors (Lipinski definition) is 0. The number of pyridine rings is 1. The van der Waals surface area contributed by atoms with E-state index < -0.39 is 11.4 Å². The molecule has 1 aliphatic heterocycles. The molecule has 0 N–H and O–H groups in total. The molecule has 1 amide bonds. The Balaban J connectivity index is 1.51. The van der Waals surface area contributed by atoms with Crippen LogP contribution >= 0.6 is 0 Å². The summed E-state index contributed by atoms with van der Waals surface area (Å²) in [6.45, 7) is 6.76. The van der Waals surface area contributed by atoms with E-state index in [4.69, 9.17) is 0 Å². The molecule has 2 aromatic rings. The van der Waals surface area contributed by atoms with Crippen LogP contribution in [0.2, 0.25) is 0 Å². The van der Waals surface area contributed by atoms with Crippen molar-refractivity contribution in [3.05, 3.63) is 63.3 Å². The Hall–Kier alpha value is -2.80. The van der Waals surface area contributed by atoms with E-state index in [1.807, 2.05) is 13.8 Å². The molecule has 0 atom stereocenters. The van der Waals surface area contributed by atoms with Crippen molar-refractivity contribution in [3.8, 4) is 5.69 Å². The number of fused-ring (bicyclic) bond motifs is 1.